The molecule has 5 nitrogen and oxygen atoms in total. The Morgan fingerprint density at radius 2 is 1.70 bits per heavy atom. The van der Waals surface area contributed by atoms with E-state index in [4.69, 9.17) is 9.84 Å². The first-order valence-electron chi connectivity index (χ1n) is 10.1. The van der Waals surface area contributed by atoms with E-state index in [1.165, 1.54) is 22.3 Å². The van der Waals surface area contributed by atoms with Crippen LogP contribution in [-0.4, -0.2) is 29.3 Å². The topological polar surface area (TPSA) is 71.5 Å². The van der Waals surface area contributed by atoms with E-state index >= 15 is 0 Å². The molecule has 5 heteroatoms. The first kappa shape index (κ1) is 19.9. The first-order chi connectivity index (χ1) is 14.8. The summed E-state index contributed by atoms with van der Waals surface area (Å²) in [6.45, 7) is 0.714. The molecule has 1 aliphatic rings. The van der Waals surface area contributed by atoms with Gasteiger partial charge in [0.1, 0.15) is 6.61 Å². The Morgan fingerprint density at radius 1 is 1.00 bits per heavy atom. The van der Waals surface area contributed by atoms with Crippen LogP contribution in [0, 0.1) is 0 Å². The second-order valence-electron chi connectivity index (χ2n) is 7.16. The van der Waals surface area contributed by atoms with Crippen molar-refractivity contribution in [2.24, 2.45) is 0 Å². The molecule has 0 spiro atoms. The number of hydrogen-bond donors (Lipinski definition) is 2. The lowest BCUT2D eigenvalue weighted by atomic mass is 9.98. The first-order valence-corrected chi connectivity index (χ1v) is 10.1. The largest absolute Gasteiger partial charge is 0.449 e. The van der Waals surface area contributed by atoms with Crippen molar-refractivity contribution in [1.29, 1.82) is 0 Å². The highest BCUT2D eigenvalue weighted by molar-refractivity contribution is 5.79. The van der Waals surface area contributed by atoms with Gasteiger partial charge in [0.15, 0.2) is 0 Å². The van der Waals surface area contributed by atoms with E-state index in [0.29, 0.717) is 25.3 Å². The van der Waals surface area contributed by atoms with Gasteiger partial charge in [0.25, 0.3) is 0 Å². The molecule has 1 amide bonds. The van der Waals surface area contributed by atoms with E-state index in [0.717, 1.165) is 5.69 Å². The highest BCUT2D eigenvalue weighted by Gasteiger charge is 2.28. The lowest BCUT2D eigenvalue weighted by Gasteiger charge is -2.14. The zero-order valence-corrected chi connectivity index (χ0v) is 16.6. The highest BCUT2D eigenvalue weighted by atomic mass is 16.5. The average molecular weight is 400 g/mol. The third-order valence-electron chi connectivity index (χ3n) is 5.20. The van der Waals surface area contributed by atoms with Crippen molar-refractivity contribution in [3.8, 4) is 11.1 Å². The Bertz CT molecular complexity index is 1020. The molecular formula is C25H24N2O3. The number of ether oxygens (including phenoxy) is 1. The lowest BCUT2D eigenvalue weighted by Crippen LogP contribution is -2.26. The molecule has 0 aliphatic heterocycles. The third-order valence-corrected chi connectivity index (χ3v) is 5.20. The van der Waals surface area contributed by atoms with Gasteiger partial charge in [-0.3, -0.25) is 4.98 Å². The minimum absolute atomic E-state index is 0.0629. The fourth-order valence-electron chi connectivity index (χ4n) is 3.79. The molecule has 4 rings (SSSR count). The molecule has 152 valence electrons. The number of pyridine rings is 1. The molecule has 1 aromatic heterocycles. The maximum absolute atomic E-state index is 12.1. The van der Waals surface area contributed by atoms with Crippen LogP contribution in [0.3, 0.4) is 0 Å². The molecule has 1 heterocycles. The minimum atomic E-state index is -0.411. The number of carbonyl (C=O) groups excluding carboxylic acids is 1. The van der Waals surface area contributed by atoms with Gasteiger partial charge in [0.05, 0.1) is 18.0 Å². The van der Waals surface area contributed by atoms with Gasteiger partial charge < -0.3 is 15.2 Å². The second-order valence-corrected chi connectivity index (χ2v) is 7.16. The molecule has 0 unspecified atom stereocenters. The predicted molar refractivity (Wildman–Crippen MR) is 117 cm³/mol. The molecule has 1 aliphatic carbocycles. The van der Waals surface area contributed by atoms with Crippen molar-refractivity contribution in [2.75, 3.05) is 13.2 Å². The summed E-state index contributed by atoms with van der Waals surface area (Å²) in [6, 6.07) is 22.1. The number of nitrogens with zero attached hydrogens (tertiary/aromatic N) is 1. The summed E-state index contributed by atoms with van der Waals surface area (Å²) in [5, 5.41) is 11.9. The van der Waals surface area contributed by atoms with Crippen molar-refractivity contribution in [2.45, 2.75) is 18.9 Å². The molecule has 0 saturated heterocycles. The summed E-state index contributed by atoms with van der Waals surface area (Å²) in [6.07, 6.45) is 4.06. The molecule has 2 aromatic carbocycles. The molecule has 3 aromatic rings. The Labute approximate surface area is 176 Å². The molecule has 0 fully saturated rings. The fourth-order valence-corrected chi connectivity index (χ4v) is 3.79. The number of aliphatic hydroxyl groups is 1. The van der Waals surface area contributed by atoms with E-state index < -0.39 is 6.09 Å². The van der Waals surface area contributed by atoms with Gasteiger partial charge in [-0.05, 0) is 46.9 Å². The zero-order chi connectivity index (χ0) is 20.8. The Balaban J connectivity index is 1.27. The van der Waals surface area contributed by atoms with Crippen molar-refractivity contribution in [1.82, 2.24) is 10.3 Å². The summed E-state index contributed by atoms with van der Waals surface area (Å²) in [5.41, 5.74) is 6.24. The van der Waals surface area contributed by atoms with Crippen molar-refractivity contribution in [3.05, 3.63) is 95.3 Å². The molecule has 2 N–H and O–H groups in total. The van der Waals surface area contributed by atoms with E-state index in [1.807, 2.05) is 48.6 Å². The molecule has 0 bridgehead atoms. The number of aromatic nitrogens is 1. The number of amides is 1. The summed E-state index contributed by atoms with van der Waals surface area (Å²) < 4.78 is 5.52. The standard InChI is InChI=1S/C25H24N2O3/c28-16-19-10-7-9-18(27-19)8-5-6-15-26-25(29)30-17-24-22-13-3-1-11-20(22)21-12-2-4-14-23(21)24/h1-5,7-14,24,28H,6,15-17H2,(H,26,29). The van der Waals surface area contributed by atoms with Crippen LogP contribution >= 0.6 is 0 Å². The number of rotatable bonds is 7. The van der Waals surface area contributed by atoms with Gasteiger partial charge in [-0.2, -0.15) is 0 Å². The van der Waals surface area contributed by atoms with E-state index in [1.54, 1.807) is 6.07 Å². The summed E-state index contributed by atoms with van der Waals surface area (Å²) in [5.74, 6) is 0.0629. The van der Waals surface area contributed by atoms with E-state index in [-0.39, 0.29) is 12.5 Å². The van der Waals surface area contributed by atoms with Gasteiger partial charge in [-0.15, -0.1) is 0 Å². The van der Waals surface area contributed by atoms with Crippen LogP contribution < -0.4 is 5.32 Å². The third kappa shape index (κ3) is 4.42. The molecule has 30 heavy (non-hydrogen) atoms. The average Bonchev–Trinajstić information content (AvgIpc) is 3.11. The highest BCUT2D eigenvalue weighted by Crippen LogP contribution is 2.44. The number of alkyl carbamates (subject to hydrolysis) is 1. The quantitative estimate of drug-likeness (QED) is 0.572. The Morgan fingerprint density at radius 3 is 2.40 bits per heavy atom. The minimum Gasteiger partial charge on any atom is -0.449 e. The Hall–Kier alpha value is -3.44. The van der Waals surface area contributed by atoms with Crippen molar-refractivity contribution >= 4 is 12.2 Å². The second kappa shape index (κ2) is 9.37. The normalized spacial score (nSPS) is 12.6. The van der Waals surface area contributed by atoms with Crippen molar-refractivity contribution in [3.63, 3.8) is 0 Å². The van der Waals surface area contributed by atoms with E-state index in [2.05, 4.69) is 34.6 Å². The Kier molecular flexibility index (Phi) is 6.20. The predicted octanol–water partition coefficient (Wildman–Crippen LogP) is 4.52. The monoisotopic (exact) mass is 400 g/mol. The molecule has 0 radical (unpaired) electrons. The molecular weight excluding hydrogens is 376 g/mol. The van der Waals surface area contributed by atoms with Crippen LogP contribution in [0.2, 0.25) is 0 Å². The number of fused-ring (bicyclic) bond motifs is 3. The van der Waals surface area contributed by atoms with Gasteiger partial charge in [0.2, 0.25) is 0 Å². The number of benzene rings is 2. The van der Waals surface area contributed by atoms with Gasteiger partial charge in [-0.25, -0.2) is 4.79 Å². The van der Waals surface area contributed by atoms with Crippen LogP contribution in [0.25, 0.3) is 17.2 Å². The maximum Gasteiger partial charge on any atom is 0.407 e. The summed E-state index contributed by atoms with van der Waals surface area (Å²) >= 11 is 0. The smallest absolute Gasteiger partial charge is 0.407 e. The van der Waals surface area contributed by atoms with Crippen LogP contribution in [0.15, 0.2) is 72.8 Å². The number of nitrogens with one attached hydrogen (secondary N) is 1. The van der Waals surface area contributed by atoms with Crippen LogP contribution in [-0.2, 0) is 11.3 Å². The van der Waals surface area contributed by atoms with Gasteiger partial charge >= 0.3 is 6.09 Å². The summed E-state index contributed by atoms with van der Waals surface area (Å²) in [4.78, 5) is 16.4. The summed E-state index contributed by atoms with van der Waals surface area (Å²) in [7, 11) is 0. The van der Waals surface area contributed by atoms with Crippen LogP contribution in [0.1, 0.15) is 34.9 Å². The number of carbonyl (C=O) groups is 1. The lowest BCUT2D eigenvalue weighted by molar-refractivity contribution is 0.143. The zero-order valence-electron chi connectivity index (χ0n) is 16.6. The van der Waals surface area contributed by atoms with E-state index in [9.17, 15) is 4.79 Å². The van der Waals surface area contributed by atoms with Gasteiger partial charge in [0, 0.05) is 12.5 Å². The maximum atomic E-state index is 12.1. The van der Waals surface area contributed by atoms with Crippen molar-refractivity contribution < 1.29 is 14.6 Å². The number of hydrogen-bond acceptors (Lipinski definition) is 4. The SMILES string of the molecule is O=C(NCCC=Cc1cccc(CO)n1)OCC1c2ccccc2-c2ccccc21. The van der Waals surface area contributed by atoms with Crippen LogP contribution in [0.4, 0.5) is 4.79 Å². The number of aliphatic hydroxyl groups excluding tert-OH is 1. The molecule has 0 saturated carbocycles. The molecule has 0 atom stereocenters. The van der Waals surface area contributed by atoms with Gasteiger partial charge in [-0.1, -0.05) is 60.7 Å². The fraction of sp³-hybridized carbons (Fsp3) is 0.200. The van der Waals surface area contributed by atoms with Crippen LogP contribution in [0.5, 0.6) is 0 Å².